The lowest BCUT2D eigenvalue weighted by Gasteiger charge is -2.32. The van der Waals surface area contributed by atoms with E-state index in [1.54, 1.807) is 18.2 Å². The highest BCUT2D eigenvalue weighted by Gasteiger charge is 2.28. The van der Waals surface area contributed by atoms with E-state index < -0.39 is 10.0 Å². The number of aryl methyl sites for hydroxylation is 1. The van der Waals surface area contributed by atoms with Crippen LogP contribution in [0.3, 0.4) is 0 Å². The molecule has 0 aromatic heterocycles. The highest BCUT2D eigenvalue weighted by Crippen LogP contribution is 2.18. The lowest BCUT2D eigenvalue weighted by molar-refractivity contribution is 0.206. The van der Waals surface area contributed by atoms with Gasteiger partial charge in [-0.2, -0.15) is 9.57 Å². The third kappa shape index (κ3) is 3.13. The highest BCUT2D eigenvalue weighted by atomic mass is 32.2. The Balaban J connectivity index is 2.12. The van der Waals surface area contributed by atoms with Gasteiger partial charge < -0.3 is 0 Å². The molecule has 1 fully saturated rings. The monoisotopic (exact) mass is 279 g/mol. The zero-order chi connectivity index (χ0) is 13.9. The maximum atomic E-state index is 12.4. The number of nitriles is 1. The molecule has 1 aromatic carbocycles. The van der Waals surface area contributed by atoms with E-state index in [0.29, 0.717) is 37.6 Å². The van der Waals surface area contributed by atoms with Crippen LogP contribution in [-0.4, -0.2) is 50.3 Å². The molecule has 1 heterocycles. The maximum absolute atomic E-state index is 12.4. The van der Waals surface area contributed by atoms with Crippen LogP contribution in [0.2, 0.25) is 0 Å². The quantitative estimate of drug-likeness (QED) is 0.769. The standard InChI is InChI=1S/C13H17N3O2S/c1-12-3-2-4-13(11-12)19(17,18)16-9-7-15(6-5-14)8-10-16/h2-4,11H,6-10H2,1H3. The first-order valence-electron chi connectivity index (χ1n) is 6.20. The van der Waals surface area contributed by atoms with Crippen molar-refractivity contribution in [1.82, 2.24) is 9.21 Å². The van der Waals surface area contributed by atoms with Crippen LogP contribution in [0.25, 0.3) is 0 Å². The summed E-state index contributed by atoms with van der Waals surface area (Å²) in [5.41, 5.74) is 0.934. The fourth-order valence-corrected chi connectivity index (χ4v) is 3.68. The molecule has 2 rings (SSSR count). The van der Waals surface area contributed by atoms with Crippen molar-refractivity contribution in [3.8, 4) is 6.07 Å². The van der Waals surface area contributed by atoms with Crippen molar-refractivity contribution < 1.29 is 8.42 Å². The lowest BCUT2D eigenvalue weighted by Crippen LogP contribution is -2.48. The SMILES string of the molecule is Cc1cccc(S(=O)(=O)N2CCN(CC#N)CC2)c1. The Morgan fingerprint density at radius 2 is 1.95 bits per heavy atom. The van der Waals surface area contributed by atoms with Gasteiger partial charge in [-0.3, -0.25) is 4.90 Å². The van der Waals surface area contributed by atoms with E-state index in [9.17, 15) is 8.42 Å². The van der Waals surface area contributed by atoms with Gasteiger partial charge in [0.2, 0.25) is 10.0 Å². The second-order valence-corrected chi connectivity index (χ2v) is 6.59. The Kier molecular flexibility index (Phi) is 4.20. The molecule has 6 heteroatoms. The molecule has 0 aliphatic carbocycles. The zero-order valence-corrected chi connectivity index (χ0v) is 11.7. The minimum absolute atomic E-state index is 0.348. The number of hydrogen-bond donors (Lipinski definition) is 0. The number of nitrogens with zero attached hydrogens (tertiary/aromatic N) is 3. The summed E-state index contributed by atoms with van der Waals surface area (Å²) in [5, 5.41) is 8.63. The van der Waals surface area contributed by atoms with E-state index in [2.05, 4.69) is 6.07 Å². The van der Waals surface area contributed by atoms with Gasteiger partial charge in [0.05, 0.1) is 17.5 Å². The van der Waals surface area contributed by atoms with Gasteiger partial charge in [-0.05, 0) is 24.6 Å². The van der Waals surface area contributed by atoms with Crippen LogP contribution in [-0.2, 0) is 10.0 Å². The predicted molar refractivity (Wildman–Crippen MR) is 72.0 cm³/mol. The molecule has 0 radical (unpaired) electrons. The third-order valence-corrected chi connectivity index (χ3v) is 5.15. The maximum Gasteiger partial charge on any atom is 0.243 e. The summed E-state index contributed by atoms with van der Waals surface area (Å²) >= 11 is 0. The van der Waals surface area contributed by atoms with E-state index in [4.69, 9.17) is 5.26 Å². The lowest BCUT2D eigenvalue weighted by atomic mass is 10.2. The molecule has 0 saturated carbocycles. The molecule has 0 spiro atoms. The average Bonchev–Trinajstić information content (AvgIpc) is 2.40. The van der Waals surface area contributed by atoms with Crippen LogP contribution in [0.15, 0.2) is 29.2 Å². The first kappa shape index (κ1) is 14.0. The molecule has 1 aromatic rings. The Bertz CT molecular complexity index is 584. The third-order valence-electron chi connectivity index (χ3n) is 3.25. The molecule has 0 unspecified atom stereocenters. The number of hydrogen-bond acceptors (Lipinski definition) is 4. The molecule has 0 bridgehead atoms. The number of piperazine rings is 1. The van der Waals surface area contributed by atoms with Gasteiger partial charge in [0, 0.05) is 26.2 Å². The topological polar surface area (TPSA) is 64.4 Å². The van der Waals surface area contributed by atoms with Gasteiger partial charge in [-0.25, -0.2) is 8.42 Å². The van der Waals surface area contributed by atoms with Crippen molar-refractivity contribution in [3.63, 3.8) is 0 Å². The van der Waals surface area contributed by atoms with E-state index >= 15 is 0 Å². The fourth-order valence-electron chi connectivity index (χ4n) is 2.15. The number of benzene rings is 1. The van der Waals surface area contributed by atoms with Crippen LogP contribution in [0.5, 0.6) is 0 Å². The van der Waals surface area contributed by atoms with Gasteiger partial charge in [-0.15, -0.1) is 0 Å². The van der Waals surface area contributed by atoms with Gasteiger partial charge in [-0.1, -0.05) is 12.1 Å². The van der Waals surface area contributed by atoms with Crippen molar-refractivity contribution in [2.75, 3.05) is 32.7 Å². The smallest absolute Gasteiger partial charge is 0.243 e. The molecule has 0 amide bonds. The molecule has 5 nitrogen and oxygen atoms in total. The van der Waals surface area contributed by atoms with Crippen molar-refractivity contribution in [3.05, 3.63) is 29.8 Å². The zero-order valence-electron chi connectivity index (χ0n) is 10.9. The molecule has 19 heavy (non-hydrogen) atoms. The first-order valence-corrected chi connectivity index (χ1v) is 7.64. The molecule has 1 saturated heterocycles. The summed E-state index contributed by atoms with van der Waals surface area (Å²) in [6, 6.07) is 9.05. The first-order chi connectivity index (χ1) is 9.04. The summed E-state index contributed by atoms with van der Waals surface area (Å²) in [4.78, 5) is 2.31. The Morgan fingerprint density at radius 3 is 2.53 bits per heavy atom. The normalized spacial score (nSPS) is 18.1. The average molecular weight is 279 g/mol. The largest absolute Gasteiger partial charge is 0.288 e. The molecule has 1 aliphatic heterocycles. The van der Waals surface area contributed by atoms with Gasteiger partial charge in [0.15, 0.2) is 0 Å². The number of rotatable bonds is 3. The molecule has 1 aliphatic rings. The van der Waals surface area contributed by atoms with Crippen LogP contribution in [0.1, 0.15) is 5.56 Å². The molecule has 0 N–H and O–H groups in total. The highest BCUT2D eigenvalue weighted by molar-refractivity contribution is 7.89. The summed E-state index contributed by atoms with van der Waals surface area (Å²) in [7, 11) is -3.40. The van der Waals surface area contributed by atoms with Crippen LogP contribution in [0, 0.1) is 18.3 Å². The van der Waals surface area contributed by atoms with E-state index in [-0.39, 0.29) is 0 Å². The molecular formula is C13H17N3O2S. The predicted octanol–water partition coefficient (Wildman–Crippen LogP) is 0.825. The Labute approximate surface area is 114 Å². The van der Waals surface area contributed by atoms with Crippen LogP contribution < -0.4 is 0 Å². The van der Waals surface area contributed by atoms with Gasteiger partial charge in [0.1, 0.15) is 0 Å². The van der Waals surface area contributed by atoms with Gasteiger partial charge in [0.25, 0.3) is 0 Å². The fraction of sp³-hybridized carbons (Fsp3) is 0.462. The Morgan fingerprint density at radius 1 is 1.26 bits per heavy atom. The molecular weight excluding hydrogens is 262 g/mol. The van der Waals surface area contributed by atoms with Crippen LogP contribution >= 0.6 is 0 Å². The van der Waals surface area contributed by atoms with E-state index in [1.807, 2.05) is 17.9 Å². The number of sulfonamides is 1. The molecule has 0 atom stereocenters. The summed E-state index contributed by atoms with van der Waals surface area (Å²) in [5.74, 6) is 0. The van der Waals surface area contributed by atoms with Crippen molar-refractivity contribution in [1.29, 1.82) is 5.26 Å². The van der Waals surface area contributed by atoms with E-state index in [0.717, 1.165) is 5.56 Å². The van der Waals surface area contributed by atoms with Crippen molar-refractivity contribution in [2.45, 2.75) is 11.8 Å². The minimum atomic E-state index is -3.40. The van der Waals surface area contributed by atoms with Crippen molar-refractivity contribution >= 4 is 10.0 Å². The van der Waals surface area contributed by atoms with Crippen molar-refractivity contribution in [2.24, 2.45) is 0 Å². The van der Waals surface area contributed by atoms with E-state index in [1.165, 1.54) is 4.31 Å². The summed E-state index contributed by atoms with van der Waals surface area (Å²) in [6.07, 6.45) is 0. The summed E-state index contributed by atoms with van der Waals surface area (Å²) < 4.78 is 26.4. The summed E-state index contributed by atoms with van der Waals surface area (Å²) in [6.45, 7) is 4.34. The molecule has 102 valence electrons. The van der Waals surface area contributed by atoms with Crippen LogP contribution in [0.4, 0.5) is 0 Å². The van der Waals surface area contributed by atoms with Gasteiger partial charge >= 0.3 is 0 Å². The Hall–Kier alpha value is -1.42. The minimum Gasteiger partial charge on any atom is -0.288 e. The second kappa shape index (κ2) is 5.70. The second-order valence-electron chi connectivity index (χ2n) is 4.65.